The number of benzene rings is 3. The molecule has 0 aliphatic carbocycles. The number of nitrogens with one attached hydrogen (secondary N) is 1. The van der Waals surface area contributed by atoms with Gasteiger partial charge in [0.05, 0.1) is 17.2 Å². The number of hydrogen-bond acceptors (Lipinski definition) is 6. The molecule has 3 aromatic carbocycles. The van der Waals surface area contributed by atoms with Gasteiger partial charge in [0.2, 0.25) is 0 Å². The zero-order chi connectivity index (χ0) is 23.8. The fourth-order valence-electron chi connectivity index (χ4n) is 3.72. The van der Waals surface area contributed by atoms with E-state index in [2.05, 4.69) is 20.4 Å². The second-order valence-corrected chi connectivity index (χ2v) is 8.01. The van der Waals surface area contributed by atoms with Gasteiger partial charge in [-0.3, -0.25) is 4.79 Å². The van der Waals surface area contributed by atoms with Crippen molar-refractivity contribution in [3.8, 4) is 5.75 Å². The zero-order valence-corrected chi connectivity index (χ0v) is 18.6. The van der Waals surface area contributed by atoms with E-state index in [1.807, 2.05) is 56.3 Å². The molecule has 0 saturated carbocycles. The number of phenols is 1. The third kappa shape index (κ3) is 3.71. The molecule has 5 rings (SSSR count). The summed E-state index contributed by atoms with van der Waals surface area (Å²) in [7, 11) is 0. The number of hydrogen-bond donors (Lipinski definition) is 3. The number of carbonyl (C=O) groups is 1. The number of nitrogens with zero attached hydrogens (tertiary/aromatic N) is 4. The highest BCUT2D eigenvalue weighted by atomic mass is 16.3. The molecule has 0 bridgehead atoms. The summed E-state index contributed by atoms with van der Waals surface area (Å²) in [5, 5.41) is 17.4. The van der Waals surface area contributed by atoms with Crippen molar-refractivity contribution in [1.82, 2.24) is 14.6 Å². The van der Waals surface area contributed by atoms with Gasteiger partial charge in [-0.15, -0.1) is 0 Å². The normalized spacial score (nSPS) is 11.5. The third-order valence-corrected chi connectivity index (χ3v) is 5.71. The van der Waals surface area contributed by atoms with Crippen molar-refractivity contribution in [2.24, 2.45) is 5.10 Å². The maximum absolute atomic E-state index is 13.4. The molecule has 0 aliphatic rings. The SMILES string of the molecule is Cc1ccc(NC(=O)c2c(N)n(/N=C\c3ccccc3O)c3nc4ccccc4nc23)cc1C. The van der Waals surface area contributed by atoms with Crippen molar-refractivity contribution >= 4 is 45.8 Å². The summed E-state index contributed by atoms with van der Waals surface area (Å²) in [5.41, 5.74) is 11.9. The molecule has 8 nitrogen and oxygen atoms in total. The van der Waals surface area contributed by atoms with E-state index < -0.39 is 5.91 Å². The first kappa shape index (κ1) is 21.1. The van der Waals surface area contributed by atoms with Gasteiger partial charge in [0.15, 0.2) is 5.65 Å². The largest absolute Gasteiger partial charge is 0.507 e. The van der Waals surface area contributed by atoms with Gasteiger partial charge in [-0.05, 0) is 61.4 Å². The molecular weight excluding hydrogens is 428 g/mol. The summed E-state index contributed by atoms with van der Waals surface area (Å²) in [4.78, 5) is 22.7. The molecule has 0 unspecified atom stereocenters. The molecule has 168 valence electrons. The van der Waals surface area contributed by atoms with E-state index in [0.29, 0.717) is 33.4 Å². The number of anilines is 2. The van der Waals surface area contributed by atoms with Crippen LogP contribution in [0.5, 0.6) is 5.75 Å². The lowest BCUT2D eigenvalue weighted by Gasteiger charge is -2.08. The average Bonchev–Trinajstić information content (AvgIpc) is 3.09. The number of nitrogens with two attached hydrogens (primary N) is 1. The number of aromatic hydroxyl groups is 1. The molecular formula is C26H22N6O2. The Bertz CT molecular complexity index is 1600. The van der Waals surface area contributed by atoms with E-state index in [1.165, 1.54) is 10.9 Å². The second kappa shape index (κ2) is 8.32. The van der Waals surface area contributed by atoms with Crippen molar-refractivity contribution in [3.05, 3.63) is 89.0 Å². The van der Waals surface area contributed by atoms with Gasteiger partial charge >= 0.3 is 0 Å². The first-order valence-corrected chi connectivity index (χ1v) is 10.7. The quantitative estimate of drug-likeness (QED) is 0.345. The number of aryl methyl sites for hydroxylation is 2. The predicted octanol–water partition coefficient (Wildman–Crippen LogP) is 4.62. The highest BCUT2D eigenvalue weighted by Gasteiger charge is 2.24. The van der Waals surface area contributed by atoms with Gasteiger partial charge in [-0.1, -0.05) is 30.3 Å². The lowest BCUT2D eigenvalue weighted by molar-refractivity contribution is 0.102. The molecule has 0 radical (unpaired) electrons. The van der Waals surface area contributed by atoms with E-state index in [0.717, 1.165) is 11.1 Å². The number of para-hydroxylation sites is 3. The Hall–Kier alpha value is -4.72. The van der Waals surface area contributed by atoms with Crippen molar-refractivity contribution in [2.45, 2.75) is 13.8 Å². The van der Waals surface area contributed by atoms with Gasteiger partial charge in [0.25, 0.3) is 5.91 Å². The van der Waals surface area contributed by atoms with E-state index in [9.17, 15) is 9.90 Å². The summed E-state index contributed by atoms with van der Waals surface area (Å²) in [6, 6.07) is 19.8. The Morgan fingerprint density at radius 3 is 2.44 bits per heavy atom. The van der Waals surface area contributed by atoms with E-state index in [1.54, 1.807) is 24.3 Å². The first-order chi connectivity index (χ1) is 16.4. The van der Waals surface area contributed by atoms with Crippen LogP contribution in [0.4, 0.5) is 11.5 Å². The molecule has 5 aromatic rings. The van der Waals surface area contributed by atoms with Crippen molar-refractivity contribution in [2.75, 3.05) is 11.1 Å². The lowest BCUT2D eigenvalue weighted by atomic mass is 10.1. The van der Waals surface area contributed by atoms with E-state index in [-0.39, 0.29) is 17.1 Å². The Morgan fingerprint density at radius 2 is 1.71 bits per heavy atom. The minimum atomic E-state index is -0.410. The molecule has 0 aliphatic heterocycles. The van der Waals surface area contributed by atoms with Crippen LogP contribution in [0, 0.1) is 13.8 Å². The number of nitrogen functional groups attached to an aromatic ring is 1. The summed E-state index contributed by atoms with van der Waals surface area (Å²) < 4.78 is 1.37. The number of aromatic nitrogens is 3. The first-order valence-electron chi connectivity index (χ1n) is 10.7. The fraction of sp³-hybridized carbons (Fsp3) is 0.0769. The van der Waals surface area contributed by atoms with Crippen LogP contribution in [0.3, 0.4) is 0 Å². The highest BCUT2D eigenvalue weighted by molar-refractivity contribution is 6.16. The minimum Gasteiger partial charge on any atom is -0.507 e. The topological polar surface area (TPSA) is 118 Å². The number of fused-ring (bicyclic) bond motifs is 2. The van der Waals surface area contributed by atoms with Gasteiger partial charge in [-0.2, -0.15) is 9.78 Å². The predicted molar refractivity (Wildman–Crippen MR) is 134 cm³/mol. The second-order valence-electron chi connectivity index (χ2n) is 8.01. The Kier molecular flexibility index (Phi) is 5.18. The molecule has 2 aromatic heterocycles. The van der Waals surface area contributed by atoms with Crippen molar-refractivity contribution in [1.29, 1.82) is 0 Å². The van der Waals surface area contributed by atoms with E-state index in [4.69, 9.17) is 5.73 Å². The average molecular weight is 451 g/mol. The molecule has 0 spiro atoms. The van der Waals surface area contributed by atoms with Gasteiger partial charge in [0, 0.05) is 11.3 Å². The number of rotatable bonds is 4. The summed E-state index contributed by atoms with van der Waals surface area (Å²) >= 11 is 0. The molecule has 0 atom stereocenters. The number of amides is 1. The smallest absolute Gasteiger partial charge is 0.261 e. The summed E-state index contributed by atoms with van der Waals surface area (Å²) in [6.07, 6.45) is 1.47. The Balaban J connectivity index is 1.66. The van der Waals surface area contributed by atoms with Gasteiger partial charge < -0.3 is 16.2 Å². The molecule has 8 heteroatoms. The van der Waals surface area contributed by atoms with E-state index >= 15 is 0 Å². The van der Waals surface area contributed by atoms with Crippen LogP contribution in [0.15, 0.2) is 71.8 Å². The van der Waals surface area contributed by atoms with Crippen LogP contribution in [0.2, 0.25) is 0 Å². The maximum Gasteiger partial charge on any atom is 0.261 e. The summed E-state index contributed by atoms with van der Waals surface area (Å²) in [5.74, 6) is -0.240. The van der Waals surface area contributed by atoms with Crippen LogP contribution in [0.25, 0.3) is 22.2 Å². The minimum absolute atomic E-state index is 0.0746. The van der Waals surface area contributed by atoms with Gasteiger partial charge in [0.1, 0.15) is 22.6 Å². The number of carbonyl (C=O) groups excluding carboxylic acids is 1. The lowest BCUT2D eigenvalue weighted by Crippen LogP contribution is -2.14. The molecule has 0 saturated heterocycles. The van der Waals surface area contributed by atoms with Crippen molar-refractivity contribution in [3.63, 3.8) is 0 Å². The number of phenolic OH excluding ortho intramolecular Hbond substituents is 1. The molecule has 2 heterocycles. The Morgan fingerprint density at radius 1 is 1.00 bits per heavy atom. The van der Waals surface area contributed by atoms with Crippen LogP contribution < -0.4 is 11.1 Å². The maximum atomic E-state index is 13.4. The van der Waals surface area contributed by atoms with Crippen LogP contribution >= 0.6 is 0 Å². The zero-order valence-electron chi connectivity index (χ0n) is 18.6. The monoisotopic (exact) mass is 450 g/mol. The van der Waals surface area contributed by atoms with Crippen LogP contribution in [-0.4, -0.2) is 31.9 Å². The molecule has 34 heavy (non-hydrogen) atoms. The fourth-order valence-corrected chi connectivity index (χ4v) is 3.72. The van der Waals surface area contributed by atoms with Crippen LogP contribution in [0.1, 0.15) is 27.0 Å². The molecule has 4 N–H and O–H groups in total. The standard InChI is InChI=1S/C26H22N6O2/c1-15-11-12-18(13-16(15)2)29-26(34)22-23-25(31-20-9-5-4-8-19(20)30-23)32(24(22)27)28-14-17-7-3-6-10-21(17)33/h3-14,33H,27H2,1-2H3,(H,29,34)/b28-14-. The summed E-state index contributed by atoms with van der Waals surface area (Å²) in [6.45, 7) is 3.99. The third-order valence-electron chi connectivity index (χ3n) is 5.71. The van der Waals surface area contributed by atoms with Gasteiger partial charge in [-0.25, -0.2) is 9.97 Å². The Labute approximate surface area is 195 Å². The van der Waals surface area contributed by atoms with Crippen LogP contribution in [-0.2, 0) is 0 Å². The molecule has 0 fully saturated rings. The highest BCUT2D eigenvalue weighted by Crippen LogP contribution is 2.29. The van der Waals surface area contributed by atoms with Crippen molar-refractivity contribution < 1.29 is 9.90 Å². The molecule has 1 amide bonds.